The van der Waals surface area contributed by atoms with Crippen LogP contribution in [0.5, 0.6) is 5.75 Å². The molecule has 1 atom stereocenters. The second kappa shape index (κ2) is 10.0. The number of methoxy groups -OCH3 is 1. The summed E-state index contributed by atoms with van der Waals surface area (Å²) >= 11 is 6.11. The molecule has 0 saturated carbocycles. The Labute approximate surface area is 198 Å². The number of aromatic nitrogens is 1. The molecule has 4 aromatic rings. The number of ether oxygens (including phenoxy) is 2. The van der Waals surface area contributed by atoms with Crippen LogP contribution in [-0.2, 0) is 14.8 Å². The highest BCUT2D eigenvalue weighted by atomic mass is 35.5. The Hall–Kier alpha value is -2.78. The minimum Gasteiger partial charge on any atom is -0.492 e. The lowest BCUT2D eigenvalue weighted by molar-refractivity contribution is 0.101. The topological polar surface area (TPSA) is 92.4 Å². The van der Waals surface area contributed by atoms with Gasteiger partial charge in [-0.1, -0.05) is 35.9 Å². The van der Waals surface area contributed by atoms with Gasteiger partial charge >= 0.3 is 0 Å². The van der Waals surface area contributed by atoms with Gasteiger partial charge in [-0.15, -0.1) is 0 Å². The summed E-state index contributed by atoms with van der Waals surface area (Å²) in [7, 11) is -1.82. The highest BCUT2D eigenvalue weighted by Gasteiger charge is 2.14. The largest absolute Gasteiger partial charge is 0.492 e. The SMILES string of the molecule is COC(CNCCOc1ccc2c(c1)[nH]c1ccccc12)c1ccc(Cl)c(NS(C)(=O)=O)c1. The number of aromatic amines is 1. The van der Waals surface area contributed by atoms with E-state index in [1.165, 1.54) is 10.8 Å². The fourth-order valence-electron chi connectivity index (χ4n) is 3.76. The van der Waals surface area contributed by atoms with E-state index in [1.807, 2.05) is 30.3 Å². The number of rotatable bonds is 10. The zero-order chi connectivity index (χ0) is 23.4. The summed E-state index contributed by atoms with van der Waals surface area (Å²) in [6.07, 6.45) is 0.812. The number of benzene rings is 3. The maximum Gasteiger partial charge on any atom is 0.229 e. The molecule has 0 aliphatic rings. The Morgan fingerprint density at radius 2 is 1.82 bits per heavy atom. The summed E-state index contributed by atoms with van der Waals surface area (Å²) in [6, 6.07) is 19.4. The number of nitrogens with one attached hydrogen (secondary N) is 3. The Balaban J connectivity index is 1.31. The van der Waals surface area contributed by atoms with E-state index < -0.39 is 10.0 Å². The predicted octanol–water partition coefficient (Wildman–Crippen LogP) is 4.70. The number of halogens is 1. The van der Waals surface area contributed by atoms with Crippen LogP contribution in [0.2, 0.25) is 5.02 Å². The molecule has 1 heterocycles. The highest BCUT2D eigenvalue weighted by Crippen LogP contribution is 2.29. The zero-order valence-corrected chi connectivity index (χ0v) is 20.0. The lowest BCUT2D eigenvalue weighted by Gasteiger charge is -2.18. The zero-order valence-electron chi connectivity index (χ0n) is 18.4. The number of fused-ring (bicyclic) bond motifs is 3. The third-order valence-electron chi connectivity index (χ3n) is 5.30. The minimum absolute atomic E-state index is 0.273. The van der Waals surface area contributed by atoms with Crippen LogP contribution in [0.25, 0.3) is 21.8 Å². The van der Waals surface area contributed by atoms with Crippen molar-refractivity contribution in [2.45, 2.75) is 6.10 Å². The molecular formula is C24H26ClN3O4S. The van der Waals surface area contributed by atoms with Gasteiger partial charge < -0.3 is 19.8 Å². The van der Waals surface area contributed by atoms with E-state index in [4.69, 9.17) is 21.1 Å². The van der Waals surface area contributed by atoms with Gasteiger partial charge in [-0.2, -0.15) is 0 Å². The third-order valence-corrected chi connectivity index (χ3v) is 6.22. The van der Waals surface area contributed by atoms with Gasteiger partial charge in [0.2, 0.25) is 10.0 Å². The molecule has 0 saturated heterocycles. The Morgan fingerprint density at radius 3 is 2.61 bits per heavy atom. The molecule has 7 nitrogen and oxygen atoms in total. The van der Waals surface area contributed by atoms with E-state index in [0.717, 1.165) is 28.6 Å². The van der Waals surface area contributed by atoms with Gasteiger partial charge in [-0.05, 0) is 35.9 Å². The Bertz CT molecular complexity index is 1370. The van der Waals surface area contributed by atoms with E-state index in [-0.39, 0.29) is 6.10 Å². The molecule has 9 heteroatoms. The van der Waals surface area contributed by atoms with Gasteiger partial charge in [0, 0.05) is 42.6 Å². The summed E-state index contributed by atoms with van der Waals surface area (Å²) in [5, 5.41) is 6.01. The first-order valence-corrected chi connectivity index (χ1v) is 12.7. The van der Waals surface area contributed by atoms with Crippen LogP contribution >= 0.6 is 11.6 Å². The van der Waals surface area contributed by atoms with Crippen molar-refractivity contribution in [3.05, 3.63) is 71.2 Å². The standard InChI is InChI=1S/C24H26ClN3O4S/c1-31-24(16-7-10-20(25)23(13-16)28-33(2,29)30)15-26-11-12-32-17-8-9-19-18-5-3-4-6-21(18)27-22(19)14-17/h3-10,13-14,24,26-28H,11-12,15H2,1-2H3. The lowest BCUT2D eigenvalue weighted by Crippen LogP contribution is -2.27. The van der Waals surface area contributed by atoms with Gasteiger partial charge in [-0.3, -0.25) is 4.72 Å². The lowest BCUT2D eigenvalue weighted by atomic mass is 10.1. The van der Waals surface area contributed by atoms with Crippen LogP contribution in [0.15, 0.2) is 60.7 Å². The van der Waals surface area contributed by atoms with Gasteiger partial charge in [-0.25, -0.2) is 8.42 Å². The van der Waals surface area contributed by atoms with Crippen LogP contribution in [-0.4, -0.2) is 46.5 Å². The molecule has 4 rings (SSSR count). The molecular weight excluding hydrogens is 462 g/mol. The average Bonchev–Trinajstić information content (AvgIpc) is 3.15. The fourth-order valence-corrected chi connectivity index (χ4v) is 4.55. The van der Waals surface area contributed by atoms with Crippen LogP contribution in [0.4, 0.5) is 5.69 Å². The summed E-state index contributed by atoms with van der Waals surface area (Å²) in [6.45, 7) is 1.64. The number of para-hydroxylation sites is 1. The molecule has 0 aliphatic heterocycles. The van der Waals surface area contributed by atoms with Crippen LogP contribution in [0.1, 0.15) is 11.7 Å². The molecule has 174 valence electrons. The minimum atomic E-state index is -3.43. The number of H-pyrrole nitrogens is 1. The van der Waals surface area contributed by atoms with E-state index >= 15 is 0 Å². The molecule has 1 unspecified atom stereocenters. The molecule has 1 aromatic heterocycles. The van der Waals surface area contributed by atoms with E-state index in [1.54, 1.807) is 19.2 Å². The Morgan fingerprint density at radius 1 is 1.03 bits per heavy atom. The van der Waals surface area contributed by atoms with Gasteiger partial charge in [0.05, 0.1) is 28.6 Å². The van der Waals surface area contributed by atoms with Gasteiger partial charge in [0.1, 0.15) is 12.4 Å². The van der Waals surface area contributed by atoms with Crippen molar-refractivity contribution < 1.29 is 17.9 Å². The average molecular weight is 488 g/mol. The highest BCUT2D eigenvalue weighted by molar-refractivity contribution is 7.92. The number of hydrogen-bond donors (Lipinski definition) is 3. The second-order valence-electron chi connectivity index (χ2n) is 7.77. The fraction of sp³-hybridized carbons (Fsp3) is 0.250. The number of anilines is 1. The van der Waals surface area contributed by atoms with Gasteiger partial charge in [0.25, 0.3) is 0 Å². The quantitative estimate of drug-likeness (QED) is 0.282. The van der Waals surface area contributed by atoms with Crippen molar-refractivity contribution in [2.24, 2.45) is 0 Å². The third kappa shape index (κ3) is 5.78. The first-order chi connectivity index (χ1) is 15.8. The predicted molar refractivity (Wildman–Crippen MR) is 134 cm³/mol. The van der Waals surface area contributed by atoms with Crippen molar-refractivity contribution in [2.75, 3.05) is 37.8 Å². The molecule has 0 spiro atoms. The van der Waals surface area contributed by atoms with Crippen molar-refractivity contribution >= 4 is 49.1 Å². The van der Waals surface area contributed by atoms with E-state index in [9.17, 15) is 8.42 Å². The van der Waals surface area contributed by atoms with Crippen LogP contribution in [0, 0.1) is 0 Å². The maximum atomic E-state index is 11.6. The summed E-state index contributed by atoms with van der Waals surface area (Å²) < 4.78 is 37.0. The monoisotopic (exact) mass is 487 g/mol. The summed E-state index contributed by atoms with van der Waals surface area (Å²) in [5.41, 5.74) is 3.29. The van der Waals surface area contributed by atoms with Crippen molar-refractivity contribution in [3.63, 3.8) is 0 Å². The van der Waals surface area contributed by atoms with Crippen molar-refractivity contribution in [1.29, 1.82) is 0 Å². The first kappa shape index (κ1) is 23.4. The summed E-state index contributed by atoms with van der Waals surface area (Å²) in [5.74, 6) is 0.799. The maximum absolute atomic E-state index is 11.6. The first-order valence-electron chi connectivity index (χ1n) is 10.5. The van der Waals surface area contributed by atoms with E-state index in [0.29, 0.717) is 30.4 Å². The second-order valence-corrected chi connectivity index (χ2v) is 9.92. The molecule has 0 amide bonds. The molecule has 3 N–H and O–H groups in total. The Kier molecular flexibility index (Phi) is 7.09. The smallest absolute Gasteiger partial charge is 0.229 e. The molecule has 3 aromatic carbocycles. The van der Waals surface area contributed by atoms with Crippen molar-refractivity contribution in [3.8, 4) is 5.75 Å². The van der Waals surface area contributed by atoms with E-state index in [2.05, 4.69) is 33.2 Å². The molecule has 0 fully saturated rings. The molecule has 33 heavy (non-hydrogen) atoms. The van der Waals surface area contributed by atoms with Crippen molar-refractivity contribution in [1.82, 2.24) is 10.3 Å². The number of sulfonamides is 1. The normalized spacial score (nSPS) is 12.8. The van der Waals surface area contributed by atoms with Crippen LogP contribution < -0.4 is 14.8 Å². The summed E-state index contributed by atoms with van der Waals surface area (Å²) in [4.78, 5) is 3.42. The van der Waals surface area contributed by atoms with Crippen LogP contribution in [0.3, 0.4) is 0 Å². The molecule has 0 radical (unpaired) electrons. The van der Waals surface area contributed by atoms with Gasteiger partial charge in [0.15, 0.2) is 0 Å². The molecule has 0 bridgehead atoms. The molecule has 0 aliphatic carbocycles. The number of hydrogen-bond acceptors (Lipinski definition) is 5.